The van der Waals surface area contributed by atoms with Gasteiger partial charge in [0.05, 0.1) is 13.1 Å². The Bertz CT molecular complexity index is 1060. The van der Waals surface area contributed by atoms with Crippen LogP contribution >= 0.6 is 34.0 Å². The molecule has 0 radical (unpaired) electrons. The molecule has 0 aliphatic rings. The molecule has 0 bridgehead atoms. The van der Waals surface area contributed by atoms with Gasteiger partial charge in [-0.05, 0) is 53.6 Å². The van der Waals surface area contributed by atoms with Crippen molar-refractivity contribution in [3.63, 3.8) is 0 Å². The molecule has 178 valence electrons. The molecule has 3 N–H and O–H groups in total. The summed E-state index contributed by atoms with van der Waals surface area (Å²) in [4.78, 5) is 28.3. The first kappa shape index (κ1) is 25.4. The highest BCUT2D eigenvalue weighted by atomic mass is 32.2. The lowest BCUT2D eigenvalue weighted by Crippen LogP contribution is -2.47. The molecule has 0 aliphatic carbocycles. The van der Waals surface area contributed by atoms with Crippen molar-refractivity contribution in [2.75, 3.05) is 6.54 Å². The zero-order chi connectivity index (χ0) is 23.7. The molecule has 0 fully saturated rings. The van der Waals surface area contributed by atoms with Gasteiger partial charge >= 0.3 is 6.09 Å². The number of amides is 2. The van der Waals surface area contributed by atoms with Crippen LogP contribution in [0, 0.1) is 0 Å². The number of nitrogens with one attached hydrogen (secondary N) is 2. The van der Waals surface area contributed by atoms with E-state index in [0.29, 0.717) is 25.9 Å². The molecular weight excluding hydrogens is 503 g/mol. The van der Waals surface area contributed by atoms with Crippen molar-refractivity contribution in [2.45, 2.75) is 42.6 Å². The second-order valence-electron chi connectivity index (χ2n) is 7.18. The van der Waals surface area contributed by atoms with Crippen molar-refractivity contribution in [1.82, 2.24) is 14.9 Å². The van der Waals surface area contributed by atoms with E-state index >= 15 is 0 Å². The summed E-state index contributed by atoms with van der Waals surface area (Å²) in [6, 6.07) is 10.0. The maximum atomic E-state index is 13.3. The molecule has 2 amide bonds. The van der Waals surface area contributed by atoms with Gasteiger partial charge in [-0.25, -0.2) is 17.9 Å². The van der Waals surface area contributed by atoms with E-state index in [9.17, 15) is 23.1 Å². The van der Waals surface area contributed by atoms with Crippen LogP contribution in [0.25, 0.3) is 0 Å². The fraction of sp³-hybridized carbons (Fsp3) is 0.333. The fourth-order valence-corrected chi connectivity index (χ4v) is 6.74. The normalized spacial score (nSPS) is 12.4. The Balaban J connectivity index is 1.59. The third-order valence-electron chi connectivity index (χ3n) is 4.73. The zero-order valence-electron chi connectivity index (χ0n) is 17.7. The largest absolute Gasteiger partial charge is 0.465 e. The first-order chi connectivity index (χ1) is 15.8. The third-order valence-corrected chi connectivity index (χ3v) is 9.31. The van der Waals surface area contributed by atoms with Gasteiger partial charge in [-0.3, -0.25) is 4.79 Å². The van der Waals surface area contributed by atoms with E-state index in [4.69, 9.17) is 0 Å². The zero-order valence-corrected chi connectivity index (χ0v) is 20.9. The molecule has 0 aromatic carbocycles. The molecule has 0 saturated carbocycles. The maximum Gasteiger partial charge on any atom is 0.405 e. The number of rotatable bonds is 13. The molecule has 8 nitrogen and oxygen atoms in total. The highest BCUT2D eigenvalue weighted by molar-refractivity contribution is 7.91. The molecular formula is C21H25N3O5S4. The van der Waals surface area contributed by atoms with E-state index in [1.165, 1.54) is 6.07 Å². The number of sulfonamides is 1. The Morgan fingerprint density at radius 1 is 0.939 bits per heavy atom. The Kier molecular flexibility index (Phi) is 9.44. The second kappa shape index (κ2) is 12.3. The molecule has 3 heterocycles. The van der Waals surface area contributed by atoms with Crippen LogP contribution in [0.2, 0.25) is 0 Å². The quantitative estimate of drug-likeness (QED) is 0.288. The van der Waals surface area contributed by atoms with Gasteiger partial charge in [0.25, 0.3) is 0 Å². The number of carbonyl (C=O) groups is 2. The standard InChI is InChI=1S/C21H25N3O5S4/c25-20(24(14-16-6-3-11-30-16)15-17-7-4-12-31-17)18(23-21(26)27)8-1-2-10-22-33(28,29)19-9-5-13-32-19/h3-7,9,11-13,18,22-23H,1-2,8,10,14-15H2,(H,26,27)/t18-/m0/s1. The molecule has 33 heavy (non-hydrogen) atoms. The minimum absolute atomic E-state index is 0.211. The summed E-state index contributed by atoms with van der Waals surface area (Å²) in [5.41, 5.74) is 0. The van der Waals surface area contributed by atoms with Gasteiger partial charge < -0.3 is 15.3 Å². The van der Waals surface area contributed by atoms with Crippen LogP contribution in [0.1, 0.15) is 29.0 Å². The molecule has 3 aromatic heterocycles. The third kappa shape index (κ3) is 7.93. The van der Waals surface area contributed by atoms with Crippen molar-refractivity contribution < 1.29 is 23.1 Å². The van der Waals surface area contributed by atoms with Gasteiger partial charge in [0.2, 0.25) is 15.9 Å². The van der Waals surface area contributed by atoms with Crippen molar-refractivity contribution >= 4 is 56.0 Å². The van der Waals surface area contributed by atoms with Crippen LogP contribution in [0.3, 0.4) is 0 Å². The minimum atomic E-state index is -3.54. The summed E-state index contributed by atoms with van der Waals surface area (Å²) in [5, 5.41) is 17.2. The van der Waals surface area contributed by atoms with E-state index in [-0.39, 0.29) is 23.1 Å². The number of hydrogen-bond acceptors (Lipinski definition) is 7. The fourth-order valence-electron chi connectivity index (χ4n) is 3.19. The van der Waals surface area contributed by atoms with Gasteiger partial charge in [-0.2, -0.15) is 0 Å². The first-order valence-corrected chi connectivity index (χ1v) is 14.3. The SMILES string of the molecule is O=C(O)N[C@@H](CCCCNS(=O)(=O)c1cccs1)C(=O)N(Cc1cccs1)Cc1cccs1. The number of nitrogens with zero attached hydrogens (tertiary/aromatic N) is 1. The lowest BCUT2D eigenvalue weighted by molar-refractivity contribution is -0.134. The van der Waals surface area contributed by atoms with E-state index in [1.54, 1.807) is 39.0 Å². The monoisotopic (exact) mass is 527 g/mol. The molecule has 3 aromatic rings. The Morgan fingerprint density at radius 2 is 1.55 bits per heavy atom. The predicted molar refractivity (Wildman–Crippen MR) is 131 cm³/mol. The number of thiophene rings is 3. The Morgan fingerprint density at radius 3 is 2.06 bits per heavy atom. The van der Waals surface area contributed by atoms with E-state index in [0.717, 1.165) is 21.1 Å². The van der Waals surface area contributed by atoms with Crippen LogP contribution in [0.15, 0.2) is 56.7 Å². The highest BCUT2D eigenvalue weighted by Crippen LogP contribution is 2.19. The molecule has 0 spiro atoms. The topological polar surface area (TPSA) is 116 Å². The Hall–Kier alpha value is -2.25. The first-order valence-electron chi connectivity index (χ1n) is 10.2. The highest BCUT2D eigenvalue weighted by Gasteiger charge is 2.26. The van der Waals surface area contributed by atoms with Crippen molar-refractivity contribution in [3.05, 3.63) is 62.3 Å². The van der Waals surface area contributed by atoms with Gasteiger partial charge in [0.15, 0.2) is 0 Å². The predicted octanol–water partition coefficient (Wildman–Crippen LogP) is 4.18. The van der Waals surface area contributed by atoms with E-state index in [2.05, 4.69) is 10.0 Å². The Labute approximate surface area is 204 Å². The smallest absolute Gasteiger partial charge is 0.405 e. The average Bonchev–Trinajstić information content (AvgIpc) is 3.55. The summed E-state index contributed by atoms with van der Waals surface area (Å²) in [5.74, 6) is -0.293. The van der Waals surface area contributed by atoms with Crippen LogP contribution in [-0.4, -0.2) is 43.0 Å². The van der Waals surface area contributed by atoms with Crippen LogP contribution in [-0.2, 0) is 27.9 Å². The van der Waals surface area contributed by atoms with Gasteiger partial charge in [0.1, 0.15) is 10.3 Å². The lowest BCUT2D eigenvalue weighted by Gasteiger charge is -2.27. The maximum absolute atomic E-state index is 13.3. The molecule has 3 rings (SSSR count). The number of carboxylic acid groups (broad SMARTS) is 1. The molecule has 0 unspecified atom stereocenters. The number of unbranched alkanes of at least 4 members (excludes halogenated alkanes) is 1. The van der Waals surface area contributed by atoms with Gasteiger partial charge in [0, 0.05) is 16.3 Å². The minimum Gasteiger partial charge on any atom is -0.465 e. The summed E-state index contributed by atoms with van der Waals surface area (Å²) >= 11 is 4.22. The molecule has 0 saturated heterocycles. The van der Waals surface area contributed by atoms with E-state index in [1.807, 2.05) is 35.0 Å². The van der Waals surface area contributed by atoms with E-state index < -0.39 is 22.2 Å². The number of carbonyl (C=O) groups excluding carboxylic acids is 1. The van der Waals surface area contributed by atoms with Crippen molar-refractivity contribution in [3.8, 4) is 0 Å². The molecule has 0 aliphatic heterocycles. The van der Waals surface area contributed by atoms with Gasteiger partial charge in [-0.15, -0.1) is 34.0 Å². The molecule has 1 atom stereocenters. The van der Waals surface area contributed by atoms with Crippen LogP contribution in [0.4, 0.5) is 4.79 Å². The average molecular weight is 528 g/mol. The van der Waals surface area contributed by atoms with Crippen LogP contribution < -0.4 is 10.0 Å². The second-order valence-corrected chi connectivity index (χ2v) is 12.2. The summed E-state index contributed by atoms with van der Waals surface area (Å²) in [6.07, 6.45) is -0.0305. The van der Waals surface area contributed by atoms with Gasteiger partial charge in [-0.1, -0.05) is 18.2 Å². The van der Waals surface area contributed by atoms with Crippen molar-refractivity contribution in [1.29, 1.82) is 0 Å². The summed E-state index contributed by atoms with van der Waals surface area (Å²) < 4.78 is 27.2. The number of hydrogen-bond donors (Lipinski definition) is 3. The lowest BCUT2D eigenvalue weighted by atomic mass is 10.1. The van der Waals surface area contributed by atoms with Crippen LogP contribution in [0.5, 0.6) is 0 Å². The summed E-state index contributed by atoms with van der Waals surface area (Å²) in [6.45, 7) is 1.00. The van der Waals surface area contributed by atoms with Crippen molar-refractivity contribution in [2.24, 2.45) is 0 Å². The summed E-state index contributed by atoms with van der Waals surface area (Å²) in [7, 11) is -3.54. The molecule has 12 heteroatoms.